The molecule has 0 saturated carbocycles. The van der Waals surface area contributed by atoms with Crippen molar-refractivity contribution < 1.29 is 27.4 Å². The Kier molecular flexibility index (Phi) is 5.03. The third kappa shape index (κ3) is 3.75. The normalized spacial score (nSPS) is 16.8. The molecule has 1 atom stereocenters. The largest absolute Gasteiger partial charge is 0.497 e. The molecular formula is C18H17F3N2O3. The summed E-state index contributed by atoms with van der Waals surface area (Å²) in [6.45, 7) is 0.0398. The number of amides is 2. The van der Waals surface area contributed by atoms with Crippen LogP contribution >= 0.6 is 0 Å². The molecule has 1 aliphatic rings. The lowest BCUT2D eigenvalue weighted by Crippen LogP contribution is -2.51. The van der Waals surface area contributed by atoms with E-state index in [2.05, 4.69) is 0 Å². The van der Waals surface area contributed by atoms with E-state index in [0.717, 1.165) is 10.5 Å². The van der Waals surface area contributed by atoms with E-state index in [9.17, 15) is 18.0 Å². The molecule has 0 bridgehead atoms. The Morgan fingerprint density at radius 3 is 2.46 bits per heavy atom. The number of hydrogen-bond acceptors (Lipinski definition) is 3. The van der Waals surface area contributed by atoms with Gasteiger partial charge in [-0.15, -0.1) is 0 Å². The first kappa shape index (κ1) is 18.1. The number of nitrogens with zero attached hydrogens (tertiary/aromatic N) is 1. The SMILES string of the molecule is COc1ccc(COCN2C(=O)NC(C(F)(F)F)c3ccccc32)cc1. The summed E-state index contributed by atoms with van der Waals surface area (Å²) in [4.78, 5) is 13.3. The topological polar surface area (TPSA) is 50.8 Å². The second kappa shape index (κ2) is 7.25. The van der Waals surface area contributed by atoms with Gasteiger partial charge in [0.05, 0.1) is 19.4 Å². The molecule has 0 aliphatic carbocycles. The molecule has 5 nitrogen and oxygen atoms in total. The highest BCUT2D eigenvalue weighted by atomic mass is 19.4. The minimum atomic E-state index is -4.57. The quantitative estimate of drug-likeness (QED) is 0.870. The van der Waals surface area contributed by atoms with Crippen LogP contribution in [-0.4, -0.2) is 26.0 Å². The highest BCUT2D eigenvalue weighted by Gasteiger charge is 2.46. The maximum Gasteiger partial charge on any atom is 0.413 e. The van der Waals surface area contributed by atoms with Crippen molar-refractivity contribution in [3.05, 3.63) is 59.7 Å². The van der Waals surface area contributed by atoms with Crippen LogP contribution in [0.2, 0.25) is 0 Å². The summed E-state index contributed by atoms with van der Waals surface area (Å²) < 4.78 is 50.1. The van der Waals surface area contributed by atoms with Crippen molar-refractivity contribution in [1.82, 2.24) is 5.32 Å². The molecule has 138 valence electrons. The summed E-state index contributed by atoms with van der Waals surface area (Å²) in [6, 6.07) is 10.2. The first-order valence-corrected chi connectivity index (χ1v) is 7.84. The number of anilines is 1. The number of urea groups is 1. The number of fused-ring (bicyclic) bond motifs is 1. The van der Waals surface area contributed by atoms with Crippen LogP contribution < -0.4 is 15.0 Å². The zero-order chi connectivity index (χ0) is 18.7. The Morgan fingerprint density at radius 2 is 1.81 bits per heavy atom. The molecular weight excluding hydrogens is 349 g/mol. The van der Waals surface area contributed by atoms with Crippen molar-refractivity contribution in [2.75, 3.05) is 18.7 Å². The molecule has 1 aliphatic heterocycles. The van der Waals surface area contributed by atoms with E-state index >= 15 is 0 Å². The van der Waals surface area contributed by atoms with Gasteiger partial charge in [-0.3, -0.25) is 4.90 Å². The average Bonchev–Trinajstić information content (AvgIpc) is 2.63. The minimum Gasteiger partial charge on any atom is -0.497 e. The van der Waals surface area contributed by atoms with Crippen molar-refractivity contribution in [2.45, 2.75) is 18.8 Å². The van der Waals surface area contributed by atoms with E-state index in [-0.39, 0.29) is 24.6 Å². The maximum absolute atomic E-state index is 13.2. The van der Waals surface area contributed by atoms with Crippen LogP contribution in [0.3, 0.4) is 0 Å². The van der Waals surface area contributed by atoms with Gasteiger partial charge in [0, 0.05) is 5.56 Å². The third-order valence-electron chi connectivity index (χ3n) is 4.03. The smallest absolute Gasteiger partial charge is 0.413 e. The van der Waals surface area contributed by atoms with Crippen LogP contribution in [0.25, 0.3) is 0 Å². The van der Waals surface area contributed by atoms with Crippen molar-refractivity contribution in [1.29, 1.82) is 0 Å². The number of ether oxygens (including phenoxy) is 2. The zero-order valence-corrected chi connectivity index (χ0v) is 13.9. The maximum atomic E-state index is 13.2. The number of halogens is 3. The second-order valence-electron chi connectivity index (χ2n) is 5.74. The number of hydrogen-bond donors (Lipinski definition) is 1. The molecule has 3 rings (SSSR count). The molecule has 8 heteroatoms. The summed E-state index contributed by atoms with van der Waals surface area (Å²) in [6.07, 6.45) is -4.57. The van der Waals surface area contributed by atoms with Gasteiger partial charge in [-0.05, 0) is 23.8 Å². The van der Waals surface area contributed by atoms with Gasteiger partial charge in [-0.2, -0.15) is 13.2 Å². The lowest BCUT2D eigenvalue weighted by atomic mass is 10.0. The van der Waals surface area contributed by atoms with Gasteiger partial charge in [0.2, 0.25) is 0 Å². The molecule has 0 spiro atoms. The molecule has 1 heterocycles. The Bertz CT molecular complexity index is 778. The molecule has 0 aromatic heterocycles. The second-order valence-corrected chi connectivity index (χ2v) is 5.74. The van der Waals surface area contributed by atoms with Crippen LogP contribution in [0.1, 0.15) is 17.2 Å². The number of benzene rings is 2. The highest BCUT2D eigenvalue weighted by Crippen LogP contribution is 2.40. The van der Waals surface area contributed by atoms with Crippen LogP contribution in [0, 0.1) is 0 Å². The fourth-order valence-corrected chi connectivity index (χ4v) is 2.73. The van der Waals surface area contributed by atoms with Gasteiger partial charge in [0.15, 0.2) is 6.04 Å². The number of alkyl halides is 3. The standard InChI is InChI=1S/C18H17F3N2O3/c1-25-13-8-6-12(7-9-13)10-26-11-23-15-5-3-2-4-14(15)16(18(19,20)21)22-17(23)24/h2-9,16H,10-11H2,1H3,(H,22,24). The van der Waals surface area contributed by atoms with Gasteiger partial charge in [0.1, 0.15) is 12.5 Å². The van der Waals surface area contributed by atoms with Crippen molar-refractivity contribution in [2.24, 2.45) is 0 Å². The monoisotopic (exact) mass is 366 g/mol. The first-order chi connectivity index (χ1) is 12.4. The van der Waals surface area contributed by atoms with Gasteiger partial charge >= 0.3 is 12.2 Å². The zero-order valence-electron chi connectivity index (χ0n) is 13.9. The lowest BCUT2D eigenvalue weighted by Gasteiger charge is -2.35. The predicted octanol–water partition coefficient (Wildman–Crippen LogP) is 4.00. The Labute approximate surface area is 148 Å². The van der Waals surface area contributed by atoms with E-state index in [4.69, 9.17) is 9.47 Å². The third-order valence-corrected chi connectivity index (χ3v) is 4.03. The summed E-state index contributed by atoms with van der Waals surface area (Å²) in [5.41, 5.74) is 1.03. The van der Waals surface area contributed by atoms with Crippen LogP contribution in [-0.2, 0) is 11.3 Å². The minimum absolute atomic E-state index is 0.00681. The van der Waals surface area contributed by atoms with E-state index in [0.29, 0.717) is 5.75 Å². The summed E-state index contributed by atoms with van der Waals surface area (Å²) >= 11 is 0. The van der Waals surface area contributed by atoms with Crippen molar-refractivity contribution >= 4 is 11.7 Å². The molecule has 1 N–H and O–H groups in total. The summed E-state index contributed by atoms with van der Waals surface area (Å²) in [7, 11) is 1.56. The van der Waals surface area contributed by atoms with Crippen LogP contribution in [0.15, 0.2) is 48.5 Å². The summed E-state index contributed by atoms with van der Waals surface area (Å²) in [5, 5.41) is 1.99. The lowest BCUT2D eigenvalue weighted by molar-refractivity contribution is -0.155. The molecule has 2 amide bonds. The molecule has 26 heavy (non-hydrogen) atoms. The number of methoxy groups -OCH3 is 1. The number of carbonyl (C=O) groups excluding carboxylic acids is 1. The average molecular weight is 366 g/mol. The number of carbonyl (C=O) groups is 1. The van der Waals surface area contributed by atoms with Gasteiger partial charge in [-0.25, -0.2) is 4.79 Å². The molecule has 0 radical (unpaired) electrons. The molecule has 2 aromatic carbocycles. The van der Waals surface area contributed by atoms with Crippen molar-refractivity contribution in [3.63, 3.8) is 0 Å². The highest BCUT2D eigenvalue weighted by molar-refractivity contribution is 5.95. The van der Waals surface area contributed by atoms with Crippen molar-refractivity contribution in [3.8, 4) is 5.75 Å². The molecule has 1 unspecified atom stereocenters. The van der Waals surface area contributed by atoms with E-state index < -0.39 is 18.2 Å². The van der Waals surface area contributed by atoms with Crippen LogP contribution in [0.4, 0.5) is 23.7 Å². The fraction of sp³-hybridized carbons (Fsp3) is 0.278. The van der Waals surface area contributed by atoms with E-state index in [1.165, 1.54) is 18.2 Å². The molecule has 2 aromatic rings. The molecule has 0 fully saturated rings. The van der Waals surface area contributed by atoms with E-state index in [1.54, 1.807) is 25.3 Å². The van der Waals surface area contributed by atoms with Crippen LogP contribution in [0.5, 0.6) is 5.75 Å². The van der Waals surface area contributed by atoms with Gasteiger partial charge < -0.3 is 14.8 Å². The van der Waals surface area contributed by atoms with E-state index in [1.807, 2.05) is 17.4 Å². The molecule has 0 saturated heterocycles. The van der Waals surface area contributed by atoms with Gasteiger partial charge in [-0.1, -0.05) is 30.3 Å². The Hall–Kier alpha value is -2.74. The predicted molar refractivity (Wildman–Crippen MR) is 88.9 cm³/mol. The number of rotatable bonds is 5. The fourth-order valence-electron chi connectivity index (χ4n) is 2.73. The number of nitrogens with one attached hydrogen (secondary N) is 1. The first-order valence-electron chi connectivity index (χ1n) is 7.84. The van der Waals surface area contributed by atoms with Gasteiger partial charge in [0.25, 0.3) is 0 Å². The Morgan fingerprint density at radius 1 is 1.12 bits per heavy atom. The number of para-hydroxylation sites is 1. The Balaban J connectivity index is 1.72. The summed E-state index contributed by atoms with van der Waals surface area (Å²) in [5.74, 6) is 0.705.